The minimum Gasteiger partial charge on any atom is -0.394 e. The van der Waals surface area contributed by atoms with Crippen molar-refractivity contribution in [2.45, 2.75) is 220 Å². The first kappa shape index (κ1) is 55.1. The third-order valence-electron chi connectivity index (χ3n) is 19.9. The summed E-state index contributed by atoms with van der Waals surface area (Å²) in [7, 11) is 0. The summed E-state index contributed by atoms with van der Waals surface area (Å²) in [6, 6.07) is 0. The zero-order chi connectivity index (χ0) is 52.2. The number of aliphatic hydroxyl groups excluding tert-OH is 12. The number of ketones is 1. The van der Waals surface area contributed by atoms with Crippen molar-refractivity contribution >= 4 is 5.78 Å². The topological polar surface area (TPSA) is 352 Å². The molecule has 0 amide bonds. The first-order valence-corrected chi connectivity index (χ1v) is 26.7. The molecule has 0 bridgehead atoms. The number of fused-ring (bicyclic) bond motifs is 7. The molecule has 10 fully saturated rings. The lowest BCUT2D eigenvalue weighted by Crippen LogP contribution is -2.67. The van der Waals surface area contributed by atoms with E-state index in [-0.39, 0.29) is 47.2 Å². The van der Waals surface area contributed by atoms with Crippen molar-refractivity contribution < 1.29 is 113 Å². The first-order valence-electron chi connectivity index (χ1n) is 26.7. The van der Waals surface area contributed by atoms with Gasteiger partial charge in [0.15, 0.2) is 30.9 Å². The first-order chi connectivity index (χ1) is 34.7. The van der Waals surface area contributed by atoms with Crippen LogP contribution in [0.25, 0.3) is 0 Å². The Morgan fingerprint density at radius 2 is 1.18 bits per heavy atom. The van der Waals surface area contributed by atoms with Gasteiger partial charge in [-0.05, 0) is 80.0 Å². The average Bonchev–Trinajstić information content (AvgIpc) is 3.83. The van der Waals surface area contributed by atoms with Gasteiger partial charge in [0.1, 0.15) is 97.3 Å². The molecule has 0 aromatic heterocycles. The second-order valence-corrected chi connectivity index (χ2v) is 23.7. The molecule has 0 aromatic rings. The molecule has 6 heterocycles. The number of aliphatic hydroxyl groups is 12. The van der Waals surface area contributed by atoms with Crippen molar-refractivity contribution in [3.8, 4) is 0 Å². The van der Waals surface area contributed by atoms with E-state index in [2.05, 4.69) is 27.7 Å². The Morgan fingerprint density at radius 1 is 0.589 bits per heavy atom. The van der Waals surface area contributed by atoms with E-state index in [0.717, 1.165) is 38.5 Å². The highest BCUT2D eigenvalue weighted by molar-refractivity contribution is 5.87. The van der Waals surface area contributed by atoms with E-state index in [1.54, 1.807) is 0 Å². The lowest BCUT2D eigenvalue weighted by atomic mass is 9.44. The quantitative estimate of drug-likeness (QED) is 0.0913. The van der Waals surface area contributed by atoms with Crippen LogP contribution in [0.15, 0.2) is 0 Å². The van der Waals surface area contributed by atoms with Gasteiger partial charge in [-0.2, -0.15) is 0 Å². The fraction of sp³-hybridized carbons (Fsp3) is 0.980. The highest BCUT2D eigenvalue weighted by atomic mass is 16.8. The van der Waals surface area contributed by atoms with Crippen molar-refractivity contribution in [3.63, 3.8) is 0 Å². The summed E-state index contributed by atoms with van der Waals surface area (Å²) in [6.07, 6.45) is -25.6. The predicted octanol–water partition coefficient (Wildman–Crippen LogP) is -3.09. The zero-order valence-corrected chi connectivity index (χ0v) is 41.9. The number of Topliss-reactive ketones (excluding diaryl/α,β-unsaturated/α-hetero) is 1. The van der Waals surface area contributed by atoms with Crippen molar-refractivity contribution in [2.75, 3.05) is 33.0 Å². The normalized spacial score (nSPS) is 57.2. The minimum absolute atomic E-state index is 0.000453. The molecule has 6 unspecified atom stereocenters. The van der Waals surface area contributed by atoms with Crippen LogP contribution >= 0.6 is 0 Å². The maximum atomic E-state index is 14.6. The third-order valence-corrected chi connectivity index (χ3v) is 19.9. The Kier molecular flexibility index (Phi) is 15.9. The molecule has 10 aliphatic rings. The van der Waals surface area contributed by atoms with Gasteiger partial charge in [0.25, 0.3) is 0 Å². The van der Waals surface area contributed by atoms with Gasteiger partial charge in [-0.1, -0.05) is 27.7 Å². The zero-order valence-electron chi connectivity index (χ0n) is 41.9. The number of ether oxygens (including phenoxy) is 10. The van der Waals surface area contributed by atoms with Crippen LogP contribution in [0.1, 0.15) is 85.5 Å². The fourth-order valence-corrected chi connectivity index (χ4v) is 15.6. The highest BCUT2D eigenvalue weighted by Gasteiger charge is 2.72. The Bertz CT molecular complexity index is 1910. The molecular formula is C50H80O23. The van der Waals surface area contributed by atoms with E-state index < -0.39 is 154 Å². The Balaban J connectivity index is 0.756. The lowest BCUT2D eigenvalue weighted by Gasteiger charge is -2.60. The van der Waals surface area contributed by atoms with Crippen molar-refractivity contribution in [1.82, 2.24) is 0 Å². The van der Waals surface area contributed by atoms with E-state index in [1.807, 2.05) is 0 Å². The van der Waals surface area contributed by atoms with Crippen molar-refractivity contribution in [3.05, 3.63) is 0 Å². The van der Waals surface area contributed by atoms with Crippen molar-refractivity contribution in [1.29, 1.82) is 0 Å². The summed E-state index contributed by atoms with van der Waals surface area (Å²) < 4.78 is 60.1. The molecule has 6 saturated heterocycles. The Labute approximate surface area is 423 Å². The maximum Gasteiger partial charge on any atom is 0.187 e. The van der Waals surface area contributed by atoms with E-state index in [4.69, 9.17) is 47.4 Å². The molecule has 6 aliphatic heterocycles. The second kappa shape index (κ2) is 21.1. The molecule has 0 aromatic carbocycles. The summed E-state index contributed by atoms with van der Waals surface area (Å²) in [6.45, 7) is 6.70. The van der Waals surface area contributed by atoms with Gasteiger partial charge in [0.05, 0.1) is 45.2 Å². The van der Waals surface area contributed by atoms with E-state index in [1.165, 1.54) is 0 Å². The second-order valence-electron chi connectivity index (χ2n) is 23.7. The Hall–Kier alpha value is -1.21. The van der Waals surface area contributed by atoms with Gasteiger partial charge >= 0.3 is 0 Å². The Morgan fingerprint density at radius 3 is 1.81 bits per heavy atom. The third kappa shape index (κ3) is 9.30. The number of hydrogen-bond donors (Lipinski definition) is 12. The van der Waals surface area contributed by atoms with Crippen LogP contribution in [0.5, 0.6) is 0 Å². The van der Waals surface area contributed by atoms with Gasteiger partial charge in [-0.3, -0.25) is 4.79 Å². The van der Waals surface area contributed by atoms with Gasteiger partial charge in [-0.25, -0.2) is 0 Å². The van der Waals surface area contributed by atoms with Crippen LogP contribution < -0.4 is 0 Å². The smallest absolute Gasteiger partial charge is 0.187 e. The van der Waals surface area contributed by atoms with Crippen LogP contribution in [0, 0.1) is 52.3 Å². The summed E-state index contributed by atoms with van der Waals surface area (Å²) in [5, 5.41) is 129. The van der Waals surface area contributed by atoms with Crippen LogP contribution in [0.3, 0.4) is 0 Å². The summed E-state index contributed by atoms with van der Waals surface area (Å²) in [5.74, 6) is 1.53. The molecule has 1 spiro atoms. The molecule has 12 N–H and O–H groups in total. The van der Waals surface area contributed by atoms with Crippen molar-refractivity contribution in [2.24, 2.45) is 52.3 Å². The van der Waals surface area contributed by atoms with E-state index in [9.17, 15) is 66.1 Å². The van der Waals surface area contributed by atoms with E-state index >= 15 is 0 Å². The van der Waals surface area contributed by atoms with Crippen LogP contribution in [-0.2, 0) is 52.2 Å². The van der Waals surface area contributed by atoms with E-state index in [0.29, 0.717) is 43.5 Å². The molecule has 23 heteroatoms. The molecular weight excluding hydrogens is 969 g/mol. The standard InChI is InChI=1S/C50H80O23/c1-19-7-10-50(65-17-19)20(2)32-27(73-50)12-25-23-6-5-21-11-22(8-9-48(21,3)24(23)13-31(55)49(25,32)4)66-45-39(62)36(59)41(29(15-52)68-45)70-46-40(63)37(60)42(30(16-53)69-46)71-47-43(35(58)34(57)28(14-51)67-47)72-44-38(61)33(56)26(54)18-64-44/h19-30,32-47,51-54,56-63H,5-18H2,1-4H3/t19-,20+,21+,22+,23?,24?,25?,26-,27?,28-,29-,30-,32?,33+,34-,35+,36-,37-,38-,39-,40-,41+,42-,43-,44-,45-,46-,47+,48+,49-,50?/m1/s1. The monoisotopic (exact) mass is 1050 g/mol. The predicted molar refractivity (Wildman–Crippen MR) is 243 cm³/mol. The molecule has 4 aliphatic carbocycles. The SMILES string of the molecule is C[C@@H]1CCC2(OC1)OC1CC3C4CC[C@H]5C[C@@H](O[C@@H]6O[C@H](CO)[C@H](O[C@H]7O[C@H](CO)[C@@H](O[C@@H]8O[C@H](CO)[C@@H](O)[C@H](O)[C@H]8O[C@H]8OC[C@@H](O)[C@H](O)[C@H]8O)[C@H](O)[C@H]7O)[C@H](O)[C@H]6O)CC[C@]5(C)C4CC(=O)[C@]3(C)C1[C@@H]2C. The largest absolute Gasteiger partial charge is 0.394 e. The van der Waals surface area contributed by atoms with Gasteiger partial charge in [0.2, 0.25) is 0 Å². The minimum atomic E-state index is -2.02. The highest BCUT2D eigenvalue weighted by Crippen LogP contribution is 2.70. The van der Waals surface area contributed by atoms with Crippen LogP contribution in [0.2, 0.25) is 0 Å². The lowest BCUT2D eigenvalue weighted by molar-refractivity contribution is -0.393. The molecule has 31 atom stereocenters. The molecule has 0 radical (unpaired) electrons. The van der Waals surface area contributed by atoms with Gasteiger partial charge < -0.3 is 109 Å². The van der Waals surface area contributed by atoms with Gasteiger partial charge in [0, 0.05) is 30.1 Å². The number of rotatable bonds is 11. The molecule has 10 rings (SSSR count). The molecule has 4 saturated carbocycles. The van der Waals surface area contributed by atoms with Crippen LogP contribution in [-0.4, -0.2) is 235 Å². The number of carbonyl (C=O) groups is 1. The summed E-state index contributed by atoms with van der Waals surface area (Å²) in [4.78, 5) is 14.6. The van der Waals surface area contributed by atoms with Crippen LogP contribution in [0.4, 0.5) is 0 Å². The molecule has 418 valence electrons. The number of carbonyl (C=O) groups excluding carboxylic acids is 1. The fourth-order valence-electron chi connectivity index (χ4n) is 15.6. The average molecular weight is 1050 g/mol. The number of hydrogen-bond acceptors (Lipinski definition) is 23. The summed E-state index contributed by atoms with van der Waals surface area (Å²) in [5.41, 5.74) is -0.588. The van der Waals surface area contributed by atoms with Gasteiger partial charge in [-0.15, -0.1) is 0 Å². The molecule has 23 nitrogen and oxygen atoms in total. The molecule has 73 heavy (non-hydrogen) atoms. The summed E-state index contributed by atoms with van der Waals surface area (Å²) >= 11 is 0. The maximum absolute atomic E-state index is 14.6.